The van der Waals surface area contributed by atoms with Gasteiger partial charge in [-0.1, -0.05) is 55.3 Å². The van der Waals surface area contributed by atoms with E-state index in [1.54, 1.807) is 0 Å². The molecule has 2 aromatic carbocycles. The molecule has 0 unspecified atom stereocenters. The largest absolute Gasteiger partial charge is 0.286 e. The summed E-state index contributed by atoms with van der Waals surface area (Å²) in [5, 5.41) is 0.770. The predicted octanol–water partition coefficient (Wildman–Crippen LogP) is 5.71. The van der Waals surface area contributed by atoms with E-state index < -0.39 is 0 Å². The Morgan fingerprint density at radius 3 is 2.50 bits per heavy atom. The number of carbonyl (C=O) groups is 1. The maximum absolute atomic E-state index is 12.9. The number of benzene rings is 2. The molecule has 2 aromatic rings. The second-order valence-electron chi connectivity index (χ2n) is 6.51. The standard InChI is InChI=1S/C22H24N2OS/c1-4-5-14-24-21(25)20(15-18-9-7-6-8-17(18)3)26-22(24)23-19-12-10-16(2)11-13-19/h6-13,15H,4-5,14H2,1-3H3/b20-15+,23-22?. The molecule has 134 valence electrons. The number of carbonyl (C=O) groups excluding carboxylic acids is 1. The summed E-state index contributed by atoms with van der Waals surface area (Å²) in [7, 11) is 0. The third kappa shape index (κ3) is 4.25. The molecule has 3 rings (SSSR count). The van der Waals surface area contributed by atoms with Crippen molar-refractivity contribution in [3.05, 3.63) is 70.1 Å². The quantitative estimate of drug-likeness (QED) is 0.637. The first kappa shape index (κ1) is 18.5. The Kier molecular flexibility index (Phi) is 5.94. The number of aliphatic imine (C=N–C) groups is 1. The zero-order chi connectivity index (χ0) is 18.5. The molecule has 0 aliphatic carbocycles. The van der Waals surface area contributed by atoms with Gasteiger partial charge in [0.25, 0.3) is 5.91 Å². The van der Waals surface area contributed by atoms with Gasteiger partial charge in [-0.15, -0.1) is 0 Å². The molecular weight excluding hydrogens is 340 g/mol. The molecule has 4 heteroatoms. The first-order valence-electron chi connectivity index (χ1n) is 9.01. The maximum Gasteiger partial charge on any atom is 0.266 e. The summed E-state index contributed by atoms with van der Waals surface area (Å²) in [4.78, 5) is 20.2. The first-order valence-corrected chi connectivity index (χ1v) is 9.82. The lowest BCUT2D eigenvalue weighted by Gasteiger charge is -2.14. The fourth-order valence-corrected chi connectivity index (χ4v) is 3.74. The molecule has 1 aliphatic heterocycles. The zero-order valence-corrected chi connectivity index (χ0v) is 16.3. The molecule has 0 spiro atoms. The van der Waals surface area contributed by atoms with Crippen LogP contribution in [0.1, 0.15) is 36.5 Å². The second kappa shape index (κ2) is 8.37. The van der Waals surface area contributed by atoms with Crippen molar-refractivity contribution < 1.29 is 4.79 Å². The number of amidine groups is 1. The molecule has 1 aliphatic rings. The molecule has 0 bridgehead atoms. The van der Waals surface area contributed by atoms with Gasteiger partial charge >= 0.3 is 0 Å². The summed E-state index contributed by atoms with van der Waals surface area (Å²) in [5.74, 6) is 0.0533. The Balaban J connectivity index is 1.94. The van der Waals surface area contributed by atoms with E-state index in [1.165, 1.54) is 17.3 Å². The van der Waals surface area contributed by atoms with Crippen molar-refractivity contribution in [2.24, 2.45) is 4.99 Å². The Hall–Kier alpha value is -2.33. The van der Waals surface area contributed by atoms with Crippen LogP contribution in [0, 0.1) is 13.8 Å². The summed E-state index contributed by atoms with van der Waals surface area (Å²) in [5.41, 5.74) is 4.32. The van der Waals surface area contributed by atoms with Crippen LogP contribution in [-0.4, -0.2) is 22.5 Å². The molecule has 0 N–H and O–H groups in total. The number of rotatable bonds is 5. The van der Waals surface area contributed by atoms with E-state index >= 15 is 0 Å². The van der Waals surface area contributed by atoms with Gasteiger partial charge in [0.05, 0.1) is 10.6 Å². The lowest BCUT2D eigenvalue weighted by Crippen LogP contribution is -2.30. The van der Waals surface area contributed by atoms with Crippen LogP contribution in [0.15, 0.2) is 58.4 Å². The third-order valence-electron chi connectivity index (χ3n) is 4.36. The molecule has 1 heterocycles. The average molecular weight is 365 g/mol. The SMILES string of the molecule is CCCCN1C(=O)/C(=C\c2ccccc2C)SC1=Nc1ccc(C)cc1. The monoisotopic (exact) mass is 364 g/mol. The zero-order valence-electron chi connectivity index (χ0n) is 15.5. The van der Waals surface area contributed by atoms with Crippen LogP contribution >= 0.6 is 11.8 Å². The average Bonchev–Trinajstić information content (AvgIpc) is 2.92. The number of hydrogen-bond donors (Lipinski definition) is 0. The normalized spacial score (nSPS) is 17.5. The van der Waals surface area contributed by atoms with Crippen molar-refractivity contribution in [1.82, 2.24) is 4.90 Å². The Morgan fingerprint density at radius 1 is 1.08 bits per heavy atom. The molecule has 3 nitrogen and oxygen atoms in total. The van der Waals surface area contributed by atoms with E-state index in [4.69, 9.17) is 4.99 Å². The molecule has 0 saturated carbocycles. The number of aryl methyl sites for hydroxylation is 2. The van der Waals surface area contributed by atoms with Crippen molar-refractivity contribution >= 4 is 34.6 Å². The molecule has 1 amide bonds. The van der Waals surface area contributed by atoms with Gasteiger partial charge in [-0.25, -0.2) is 4.99 Å². The molecule has 0 radical (unpaired) electrons. The maximum atomic E-state index is 12.9. The summed E-state index contributed by atoms with van der Waals surface area (Å²) in [6.45, 7) is 6.96. The molecule has 0 atom stereocenters. The van der Waals surface area contributed by atoms with Gasteiger partial charge in [0.1, 0.15) is 0 Å². The summed E-state index contributed by atoms with van der Waals surface area (Å²) < 4.78 is 0. The van der Waals surface area contributed by atoms with Crippen molar-refractivity contribution in [2.45, 2.75) is 33.6 Å². The van der Waals surface area contributed by atoms with Crippen LogP contribution in [0.2, 0.25) is 0 Å². The lowest BCUT2D eigenvalue weighted by atomic mass is 10.1. The van der Waals surface area contributed by atoms with Crippen molar-refractivity contribution in [3.8, 4) is 0 Å². The number of unbranched alkanes of at least 4 members (excludes halogenated alkanes) is 1. The summed E-state index contributed by atoms with van der Waals surface area (Å²) in [6, 6.07) is 16.2. The highest BCUT2D eigenvalue weighted by Gasteiger charge is 2.32. The van der Waals surface area contributed by atoms with Gasteiger partial charge in [0.2, 0.25) is 0 Å². The van der Waals surface area contributed by atoms with E-state index in [1.807, 2.05) is 53.4 Å². The highest BCUT2D eigenvalue weighted by atomic mass is 32.2. The Bertz CT molecular complexity index is 853. The molecule has 1 saturated heterocycles. The van der Waals surface area contributed by atoms with Crippen LogP contribution in [0.5, 0.6) is 0 Å². The summed E-state index contributed by atoms with van der Waals surface area (Å²) in [6.07, 6.45) is 4.00. The van der Waals surface area contributed by atoms with Gasteiger partial charge in [0, 0.05) is 6.54 Å². The van der Waals surface area contributed by atoms with Gasteiger partial charge in [0.15, 0.2) is 5.17 Å². The van der Waals surface area contributed by atoms with Crippen LogP contribution in [-0.2, 0) is 4.79 Å². The molecule has 1 fully saturated rings. The fraction of sp³-hybridized carbons (Fsp3) is 0.273. The number of amides is 1. The smallest absolute Gasteiger partial charge is 0.266 e. The van der Waals surface area contributed by atoms with E-state index in [-0.39, 0.29) is 5.91 Å². The van der Waals surface area contributed by atoms with Crippen LogP contribution in [0.4, 0.5) is 5.69 Å². The van der Waals surface area contributed by atoms with E-state index in [0.29, 0.717) is 6.54 Å². The first-order chi connectivity index (χ1) is 12.6. The van der Waals surface area contributed by atoms with Crippen LogP contribution < -0.4 is 0 Å². The van der Waals surface area contributed by atoms with Crippen molar-refractivity contribution in [2.75, 3.05) is 6.54 Å². The molecule has 26 heavy (non-hydrogen) atoms. The molecule has 0 aromatic heterocycles. The topological polar surface area (TPSA) is 32.7 Å². The van der Waals surface area contributed by atoms with Crippen LogP contribution in [0.25, 0.3) is 6.08 Å². The number of hydrogen-bond acceptors (Lipinski definition) is 3. The van der Waals surface area contributed by atoms with Gasteiger partial charge in [-0.2, -0.15) is 0 Å². The van der Waals surface area contributed by atoms with E-state index in [0.717, 1.165) is 39.7 Å². The van der Waals surface area contributed by atoms with Crippen LogP contribution in [0.3, 0.4) is 0 Å². The van der Waals surface area contributed by atoms with Crippen molar-refractivity contribution in [3.63, 3.8) is 0 Å². The Morgan fingerprint density at radius 2 is 1.81 bits per heavy atom. The van der Waals surface area contributed by atoms with E-state index in [2.05, 4.69) is 26.8 Å². The number of nitrogens with zero attached hydrogens (tertiary/aromatic N) is 2. The van der Waals surface area contributed by atoms with Gasteiger partial charge in [-0.3, -0.25) is 9.69 Å². The summed E-state index contributed by atoms with van der Waals surface area (Å²) >= 11 is 1.47. The number of thioether (sulfide) groups is 1. The highest BCUT2D eigenvalue weighted by Crippen LogP contribution is 2.34. The van der Waals surface area contributed by atoms with Gasteiger partial charge < -0.3 is 0 Å². The minimum absolute atomic E-state index is 0.0533. The van der Waals surface area contributed by atoms with E-state index in [9.17, 15) is 4.79 Å². The minimum Gasteiger partial charge on any atom is -0.286 e. The highest BCUT2D eigenvalue weighted by molar-refractivity contribution is 8.18. The molecular formula is C22H24N2OS. The third-order valence-corrected chi connectivity index (χ3v) is 5.36. The predicted molar refractivity (Wildman–Crippen MR) is 112 cm³/mol. The lowest BCUT2D eigenvalue weighted by molar-refractivity contribution is -0.122. The fourth-order valence-electron chi connectivity index (χ4n) is 2.72. The van der Waals surface area contributed by atoms with Gasteiger partial charge in [-0.05, 0) is 61.4 Å². The Labute approximate surface area is 159 Å². The second-order valence-corrected chi connectivity index (χ2v) is 7.52. The van der Waals surface area contributed by atoms with Crippen molar-refractivity contribution in [1.29, 1.82) is 0 Å². The minimum atomic E-state index is 0.0533.